The average molecular weight is 290 g/mol. The summed E-state index contributed by atoms with van der Waals surface area (Å²) in [6, 6.07) is 4.86. The summed E-state index contributed by atoms with van der Waals surface area (Å²) in [5, 5.41) is 14.4. The fourth-order valence-electron chi connectivity index (χ4n) is 2.84. The molecule has 1 fully saturated rings. The number of hydrogen-bond donors (Lipinski definition) is 1. The van der Waals surface area contributed by atoms with Crippen LogP contribution in [0.2, 0.25) is 0 Å². The Morgan fingerprint density at radius 3 is 2.76 bits per heavy atom. The molecule has 4 nitrogen and oxygen atoms in total. The molecule has 0 atom stereocenters. The van der Waals surface area contributed by atoms with Crippen LogP contribution in [0.1, 0.15) is 43.6 Å². The first kappa shape index (κ1) is 14.2. The van der Waals surface area contributed by atoms with Gasteiger partial charge in [-0.3, -0.25) is 0 Å². The predicted molar refractivity (Wildman–Crippen MR) is 76.2 cm³/mol. The molecule has 1 saturated carbocycles. The third-order valence-electron chi connectivity index (χ3n) is 4.16. The Bertz CT molecular complexity index is 633. The molecule has 1 aromatic heterocycles. The molecule has 1 heterocycles. The lowest BCUT2D eigenvalue weighted by atomic mass is 9.82. The Balaban J connectivity index is 1.78. The SMILES string of the molecule is Cc1ccc(-c2noc(CC3(O)CCCCC3)n2)cc1F. The number of aromatic nitrogens is 2. The molecule has 0 unspecified atom stereocenters. The zero-order chi connectivity index (χ0) is 14.9. The summed E-state index contributed by atoms with van der Waals surface area (Å²) in [5.41, 5.74) is 0.434. The van der Waals surface area contributed by atoms with E-state index < -0.39 is 5.60 Å². The first-order chi connectivity index (χ1) is 10.1. The van der Waals surface area contributed by atoms with Crippen LogP contribution in [0.5, 0.6) is 0 Å². The average Bonchev–Trinajstić information content (AvgIpc) is 2.90. The maximum atomic E-state index is 13.6. The van der Waals surface area contributed by atoms with Gasteiger partial charge in [-0.1, -0.05) is 36.6 Å². The van der Waals surface area contributed by atoms with Crippen LogP contribution in [0.25, 0.3) is 11.4 Å². The maximum absolute atomic E-state index is 13.6. The van der Waals surface area contributed by atoms with Crippen LogP contribution in [-0.4, -0.2) is 20.8 Å². The predicted octanol–water partition coefficient (Wildman–Crippen LogP) is 3.42. The third-order valence-corrected chi connectivity index (χ3v) is 4.16. The Kier molecular flexibility index (Phi) is 3.76. The molecule has 5 heteroatoms. The second kappa shape index (κ2) is 5.56. The number of benzene rings is 1. The van der Waals surface area contributed by atoms with E-state index in [-0.39, 0.29) is 5.82 Å². The van der Waals surface area contributed by atoms with Crippen molar-refractivity contribution in [3.63, 3.8) is 0 Å². The lowest BCUT2D eigenvalue weighted by Gasteiger charge is -2.30. The van der Waals surface area contributed by atoms with Gasteiger partial charge < -0.3 is 9.63 Å². The molecule has 1 N–H and O–H groups in total. The summed E-state index contributed by atoms with van der Waals surface area (Å²) in [7, 11) is 0. The number of rotatable bonds is 3. The van der Waals surface area contributed by atoms with Gasteiger partial charge in [0.1, 0.15) is 5.82 Å². The molecule has 2 aromatic rings. The van der Waals surface area contributed by atoms with E-state index >= 15 is 0 Å². The van der Waals surface area contributed by atoms with E-state index in [0.29, 0.717) is 29.3 Å². The number of hydrogen-bond acceptors (Lipinski definition) is 4. The summed E-state index contributed by atoms with van der Waals surface area (Å²) in [6.45, 7) is 1.71. The first-order valence-electron chi connectivity index (χ1n) is 7.37. The fraction of sp³-hybridized carbons (Fsp3) is 0.500. The maximum Gasteiger partial charge on any atom is 0.229 e. The highest BCUT2D eigenvalue weighted by Gasteiger charge is 2.31. The lowest BCUT2D eigenvalue weighted by Crippen LogP contribution is -2.33. The third kappa shape index (κ3) is 3.13. The zero-order valence-electron chi connectivity index (χ0n) is 12.1. The topological polar surface area (TPSA) is 59.2 Å². The molecule has 0 radical (unpaired) electrons. The van der Waals surface area contributed by atoms with Gasteiger partial charge in [-0.15, -0.1) is 0 Å². The van der Waals surface area contributed by atoms with Crippen molar-refractivity contribution >= 4 is 0 Å². The molecule has 0 saturated heterocycles. The van der Waals surface area contributed by atoms with Crippen molar-refractivity contribution in [3.8, 4) is 11.4 Å². The number of nitrogens with zero attached hydrogens (tertiary/aromatic N) is 2. The van der Waals surface area contributed by atoms with Crippen LogP contribution in [-0.2, 0) is 6.42 Å². The van der Waals surface area contributed by atoms with Crippen LogP contribution < -0.4 is 0 Å². The van der Waals surface area contributed by atoms with Gasteiger partial charge in [0.25, 0.3) is 0 Å². The van der Waals surface area contributed by atoms with Crippen molar-refractivity contribution in [1.29, 1.82) is 0 Å². The van der Waals surface area contributed by atoms with E-state index in [1.807, 2.05) is 0 Å². The molecule has 21 heavy (non-hydrogen) atoms. The van der Waals surface area contributed by atoms with E-state index in [4.69, 9.17) is 4.52 Å². The second-order valence-corrected chi connectivity index (χ2v) is 5.94. The van der Waals surface area contributed by atoms with Crippen LogP contribution >= 0.6 is 0 Å². The van der Waals surface area contributed by atoms with Gasteiger partial charge in [0, 0.05) is 5.56 Å². The highest BCUT2D eigenvalue weighted by Crippen LogP contribution is 2.31. The Labute approximate surface area is 123 Å². The summed E-state index contributed by atoms with van der Waals surface area (Å²) in [5.74, 6) is 0.489. The highest BCUT2D eigenvalue weighted by molar-refractivity contribution is 5.54. The van der Waals surface area contributed by atoms with Gasteiger partial charge in [-0.05, 0) is 31.4 Å². The highest BCUT2D eigenvalue weighted by atomic mass is 19.1. The van der Waals surface area contributed by atoms with Gasteiger partial charge >= 0.3 is 0 Å². The van der Waals surface area contributed by atoms with Crippen molar-refractivity contribution < 1.29 is 14.0 Å². The molecule has 1 aromatic carbocycles. The molecule has 1 aliphatic carbocycles. The van der Waals surface area contributed by atoms with E-state index in [1.165, 1.54) is 12.5 Å². The van der Waals surface area contributed by atoms with Crippen LogP contribution in [0.4, 0.5) is 4.39 Å². The van der Waals surface area contributed by atoms with E-state index in [0.717, 1.165) is 25.7 Å². The van der Waals surface area contributed by atoms with Crippen LogP contribution in [0.3, 0.4) is 0 Å². The second-order valence-electron chi connectivity index (χ2n) is 5.94. The van der Waals surface area contributed by atoms with Gasteiger partial charge in [0.15, 0.2) is 0 Å². The largest absolute Gasteiger partial charge is 0.389 e. The van der Waals surface area contributed by atoms with Gasteiger partial charge in [0.2, 0.25) is 11.7 Å². The van der Waals surface area contributed by atoms with Gasteiger partial charge in [-0.2, -0.15) is 4.98 Å². The molecule has 0 spiro atoms. The quantitative estimate of drug-likeness (QED) is 0.941. The van der Waals surface area contributed by atoms with Crippen LogP contribution in [0.15, 0.2) is 22.7 Å². The molecule has 3 rings (SSSR count). The smallest absolute Gasteiger partial charge is 0.229 e. The summed E-state index contributed by atoms with van der Waals surface area (Å²) in [6.07, 6.45) is 5.13. The summed E-state index contributed by atoms with van der Waals surface area (Å²) in [4.78, 5) is 4.29. The van der Waals surface area contributed by atoms with Crippen molar-refractivity contribution in [2.24, 2.45) is 0 Å². The standard InChI is InChI=1S/C16H19FN2O2/c1-11-5-6-12(9-13(11)17)15-18-14(21-19-15)10-16(20)7-3-2-4-8-16/h5-6,9,20H,2-4,7-8,10H2,1H3. The molecule has 0 amide bonds. The van der Waals surface area contributed by atoms with Gasteiger partial charge in [-0.25, -0.2) is 4.39 Å². The van der Waals surface area contributed by atoms with Crippen molar-refractivity contribution in [3.05, 3.63) is 35.5 Å². The number of halogens is 1. The number of aliphatic hydroxyl groups is 1. The normalized spacial score (nSPS) is 17.9. The lowest BCUT2D eigenvalue weighted by molar-refractivity contribution is -0.00181. The van der Waals surface area contributed by atoms with Crippen LogP contribution in [0, 0.1) is 12.7 Å². The minimum atomic E-state index is -0.736. The summed E-state index contributed by atoms with van der Waals surface area (Å²) < 4.78 is 18.8. The Hall–Kier alpha value is -1.75. The first-order valence-corrected chi connectivity index (χ1v) is 7.37. The zero-order valence-corrected chi connectivity index (χ0v) is 12.1. The molecule has 112 valence electrons. The summed E-state index contributed by atoms with van der Waals surface area (Å²) >= 11 is 0. The fourth-order valence-corrected chi connectivity index (χ4v) is 2.84. The Morgan fingerprint density at radius 2 is 2.05 bits per heavy atom. The molecular weight excluding hydrogens is 271 g/mol. The van der Waals surface area contributed by atoms with Crippen molar-refractivity contribution in [1.82, 2.24) is 10.1 Å². The van der Waals surface area contributed by atoms with Gasteiger partial charge in [0.05, 0.1) is 12.0 Å². The van der Waals surface area contributed by atoms with E-state index in [2.05, 4.69) is 10.1 Å². The van der Waals surface area contributed by atoms with Crippen molar-refractivity contribution in [2.75, 3.05) is 0 Å². The molecule has 1 aliphatic rings. The van der Waals surface area contributed by atoms with E-state index in [9.17, 15) is 9.50 Å². The Morgan fingerprint density at radius 1 is 1.29 bits per heavy atom. The van der Waals surface area contributed by atoms with Crippen molar-refractivity contribution in [2.45, 2.75) is 51.0 Å². The molecule has 0 aliphatic heterocycles. The molecular formula is C16H19FN2O2. The van der Waals surface area contributed by atoms with E-state index in [1.54, 1.807) is 19.1 Å². The minimum absolute atomic E-state index is 0.287. The molecule has 0 bridgehead atoms. The number of aryl methyl sites for hydroxylation is 1. The minimum Gasteiger partial charge on any atom is -0.389 e. The monoisotopic (exact) mass is 290 g/mol.